The van der Waals surface area contributed by atoms with Gasteiger partial charge in [-0.05, 0) is 19.3 Å². The number of hydrogen-bond donors (Lipinski definition) is 4. The minimum absolute atomic E-state index is 0.224. The van der Waals surface area contributed by atoms with E-state index in [1.54, 1.807) is 6.08 Å². The maximum absolute atomic E-state index is 12.5. The summed E-state index contributed by atoms with van der Waals surface area (Å²) >= 11 is 0. The van der Waals surface area contributed by atoms with Crippen LogP contribution in [-0.4, -0.2) is 39.6 Å². The normalized spacial score (nSPS) is 13.4. The minimum atomic E-state index is -4.70. The first-order valence-corrected chi connectivity index (χ1v) is 21.2. The lowest BCUT2D eigenvalue weighted by atomic mass is 10.0. The van der Waals surface area contributed by atoms with E-state index in [1.165, 1.54) is 148 Å². The van der Waals surface area contributed by atoms with Gasteiger partial charge in [-0.1, -0.05) is 193 Å². The molecule has 46 heavy (non-hydrogen) atoms. The summed E-state index contributed by atoms with van der Waals surface area (Å²) in [4.78, 5) is 30.8. The van der Waals surface area contributed by atoms with Gasteiger partial charge in [0.1, 0.15) is 0 Å². The van der Waals surface area contributed by atoms with Gasteiger partial charge in [0, 0.05) is 6.42 Å². The van der Waals surface area contributed by atoms with E-state index < -0.39 is 26.6 Å². The zero-order chi connectivity index (χ0) is 34.0. The summed E-state index contributed by atoms with van der Waals surface area (Å²) in [6.45, 7) is 4.07. The third kappa shape index (κ3) is 34.6. The molecule has 0 heterocycles. The van der Waals surface area contributed by atoms with E-state index in [0.29, 0.717) is 6.42 Å². The summed E-state index contributed by atoms with van der Waals surface area (Å²) in [6.07, 6.45) is 39.4. The lowest BCUT2D eigenvalue weighted by Gasteiger charge is -2.22. The highest BCUT2D eigenvalue weighted by Crippen LogP contribution is 2.35. The van der Waals surface area contributed by atoms with Crippen molar-refractivity contribution in [1.82, 2.24) is 5.32 Å². The number of allylic oxidation sites excluding steroid dienone is 1. The van der Waals surface area contributed by atoms with Crippen molar-refractivity contribution in [2.24, 2.45) is 0 Å². The summed E-state index contributed by atoms with van der Waals surface area (Å²) in [5.41, 5.74) is 0. The molecule has 0 aliphatic heterocycles. The van der Waals surface area contributed by atoms with Crippen molar-refractivity contribution >= 4 is 13.7 Å². The fraction of sp³-hybridized carbons (Fsp3) is 0.921. The molecule has 274 valence electrons. The number of rotatable bonds is 36. The Balaban J connectivity index is 3.94. The van der Waals surface area contributed by atoms with Crippen LogP contribution in [0, 0.1) is 0 Å². The van der Waals surface area contributed by atoms with Gasteiger partial charge in [0.05, 0.1) is 18.8 Å². The molecule has 0 saturated carbocycles. The Morgan fingerprint density at radius 1 is 0.609 bits per heavy atom. The Kier molecular flexibility index (Phi) is 33.6. The molecule has 4 N–H and O–H groups in total. The van der Waals surface area contributed by atoms with Gasteiger partial charge in [-0.25, -0.2) is 4.57 Å². The smallest absolute Gasteiger partial charge is 0.387 e. The molecule has 0 saturated heterocycles. The highest BCUT2D eigenvalue weighted by Gasteiger charge is 2.24. The Hall–Kier alpha value is -0.720. The van der Waals surface area contributed by atoms with Crippen LogP contribution < -0.4 is 5.32 Å². The van der Waals surface area contributed by atoms with Crippen LogP contribution in [0.15, 0.2) is 12.2 Å². The van der Waals surface area contributed by atoms with Crippen LogP contribution in [0.5, 0.6) is 0 Å². The third-order valence-corrected chi connectivity index (χ3v) is 9.48. The van der Waals surface area contributed by atoms with Crippen LogP contribution in [0.2, 0.25) is 0 Å². The molecule has 1 amide bonds. The highest BCUT2D eigenvalue weighted by molar-refractivity contribution is 7.46. The van der Waals surface area contributed by atoms with Crippen molar-refractivity contribution in [3.63, 3.8) is 0 Å². The van der Waals surface area contributed by atoms with Gasteiger partial charge in [-0.15, -0.1) is 0 Å². The van der Waals surface area contributed by atoms with Gasteiger partial charge >= 0.3 is 7.82 Å². The number of nitrogens with one attached hydrogen (secondary N) is 1. The predicted molar refractivity (Wildman–Crippen MR) is 195 cm³/mol. The first kappa shape index (κ1) is 45.3. The molecule has 7 nitrogen and oxygen atoms in total. The fourth-order valence-electron chi connectivity index (χ4n) is 5.99. The second-order valence-corrected chi connectivity index (χ2v) is 14.8. The molecule has 0 fully saturated rings. The van der Waals surface area contributed by atoms with Gasteiger partial charge in [0.15, 0.2) is 0 Å². The largest absolute Gasteiger partial charge is 0.469 e. The summed E-state index contributed by atoms with van der Waals surface area (Å²) in [7, 11) is -4.70. The average molecular weight is 674 g/mol. The zero-order valence-corrected chi connectivity index (χ0v) is 31.1. The Morgan fingerprint density at radius 2 is 0.957 bits per heavy atom. The van der Waals surface area contributed by atoms with Crippen molar-refractivity contribution in [2.75, 3.05) is 6.61 Å². The van der Waals surface area contributed by atoms with E-state index >= 15 is 0 Å². The van der Waals surface area contributed by atoms with Gasteiger partial charge in [-0.3, -0.25) is 9.32 Å². The van der Waals surface area contributed by atoms with Gasteiger partial charge in [0.25, 0.3) is 0 Å². The van der Waals surface area contributed by atoms with E-state index in [2.05, 4.69) is 23.7 Å². The quantitative estimate of drug-likeness (QED) is 0.0299. The zero-order valence-electron chi connectivity index (χ0n) is 30.2. The number of phosphoric ester groups is 1. The number of aliphatic hydroxyl groups is 1. The Bertz CT molecular complexity index is 728. The van der Waals surface area contributed by atoms with Crippen LogP contribution in [0.25, 0.3) is 0 Å². The monoisotopic (exact) mass is 674 g/mol. The van der Waals surface area contributed by atoms with Crippen LogP contribution >= 0.6 is 7.82 Å². The Morgan fingerprint density at radius 3 is 1.33 bits per heavy atom. The molecular weight excluding hydrogens is 597 g/mol. The van der Waals surface area contributed by atoms with E-state index in [-0.39, 0.29) is 5.91 Å². The van der Waals surface area contributed by atoms with Gasteiger partial charge in [-0.2, -0.15) is 0 Å². The number of carbonyl (C=O) groups excluding carboxylic acids is 1. The number of unbranched alkanes of at least 4 members (excludes halogenated alkanes) is 27. The molecule has 0 aromatic heterocycles. The standard InChI is InChI=1S/C38H76NO6P/c1-3-5-7-9-11-13-15-17-18-19-20-21-22-24-26-28-30-32-34-38(41)39-36(35-45-46(42,43)44)37(40)33-31-29-27-25-23-16-14-12-10-8-6-4-2/h31,33,36-37,40H,3-30,32,34-35H2,1-2H3,(H,39,41)(H2,42,43,44)/b33-31+/t36-,37+/m0/s1. The molecule has 0 aliphatic rings. The Labute approximate surface area is 284 Å². The number of carbonyl (C=O) groups is 1. The van der Waals surface area contributed by atoms with E-state index in [9.17, 15) is 14.5 Å². The SMILES string of the molecule is CCCCCCCCCCCC/C=C/[C@@H](O)[C@H](COP(=O)(O)O)NC(=O)CCCCCCCCCCCCCCCCCCCC. The van der Waals surface area contributed by atoms with Crippen LogP contribution in [0.1, 0.15) is 206 Å². The predicted octanol–water partition coefficient (Wildman–Crippen LogP) is 11.2. The third-order valence-electron chi connectivity index (χ3n) is 9.00. The first-order valence-electron chi connectivity index (χ1n) is 19.6. The molecule has 0 aromatic carbocycles. The van der Waals surface area contributed by atoms with Crippen molar-refractivity contribution in [1.29, 1.82) is 0 Å². The minimum Gasteiger partial charge on any atom is -0.387 e. The number of hydrogen-bond acceptors (Lipinski definition) is 4. The molecule has 0 radical (unpaired) electrons. The van der Waals surface area contributed by atoms with Crippen molar-refractivity contribution in [3.05, 3.63) is 12.2 Å². The second-order valence-electron chi connectivity index (χ2n) is 13.6. The van der Waals surface area contributed by atoms with Crippen LogP contribution in [0.4, 0.5) is 0 Å². The maximum atomic E-state index is 12.5. The summed E-state index contributed by atoms with van der Waals surface area (Å²) < 4.78 is 15.9. The van der Waals surface area contributed by atoms with Crippen molar-refractivity contribution in [2.45, 2.75) is 219 Å². The van der Waals surface area contributed by atoms with Crippen molar-refractivity contribution < 1.29 is 28.8 Å². The summed E-state index contributed by atoms with van der Waals surface area (Å²) in [5.74, 6) is -0.224. The molecule has 0 aromatic rings. The van der Waals surface area contributed by atoms with Gasteiger partial charge < -0.3 is 20.2 Å². The molecule has 8 heteroatoms. The summed E-state index contributed by atoms with van der Waals surface area (Å²) in [6, 6.07) is -0.903. The van der Waals surface area contributed by atoms with E-state index in [0.717, 1.165) is 38.5 Å². The molecular formula is C38H76NO6P. The fourth-order valence-corrected chi connectivity index (χ4v) is 6.34. The van der Waals surface area contributed by atoms with E-state index in [4.69, 9.17) is 9.79 Å². The molecule has 0 aliphatic carbocycles. The second kappa shape index (κ2) is 34.2. The molecule has 2 atom stereocenters. The van der Waals surface area contributed by atoms with Crippen LogP contribution in [-0.2, 0) is 13.9 Å². The van der Waals surface area contributed by atoms with Crippen LogP contribution in [0.3, 0.4) is 0 Å². The maximum Gasteiger partial charge on any atom is 0.469 e. The average Bonchev–Trinajstić information content (AvgIpc) is 3.02. The summed E-state index contributed by atoms with van der Waals surface area (Å²) in [5, 5.41) is 13.3. The first-order chi connectivity index (χ1) is 22.3. The topological polar surface area (TPSA) is 116 Å². The van der Waals surface area contributed by atoms with Gasteiger partial charge in [0.2, 0.25) is 5.91 Å². The number of aliphatic hydroxyl groups excluding tert-OH is 1. The number of phosphoric acid groups is 1. The molecule has 0 bridgehead atoms. The van der Waals surface area contributed by atoms with Crippen molar-refractivity contribution in [3.8, 4) is 0 Å². The molecule has 0 unspecified atom stereocenters. The highest BCUT2D eigenvalue weighted by atomic mass is 31.2. The lowest BCUT2D eigenvalue weighted by Crippen LogP contribution is -2.45. The number of amides is 1. The van der Waals surface area contributed by atoms with E-state index in [1.807, 2.05) is 6.08 Å². The molecule has 0 rings (SSSR count). The molecule has 0 spiro atoms. The lowest BCUT2D eigenvalue weighted by molar-refractivity contribution is -0.123.